The highest BCUT2D eigenvalue weighted by molar-refractivity contribution is 5.79. The number of ketones is 1. The fraction of sp³-hybridized carbons (Fsp3) is 0.900. The van der Waals surface area contributed by atoms with Gasteiger partial charge in [-0.15, -0.1) is 0 Å². The Morgan fingerprint density at radius 1 is 1.27 bits per heavy atom. The van der Waals surface area contributed by atoms with Crippen LogP contribution < -0.4 is 5.32 Å². The highest BCUT2D eigenvalue weighted by Crippen LogP contribution is 2.34. The minimum absolute atomic E-state index is 0.0493. The quantitative estimate of drug-likeness (QED) is 0.715. The number of Topliss-reactive ketones (excluding diaryl/α,β-unsaturated/α-hetero) is 1. The number of likely N-dealkylation sites (tertiary alicyclic amines) is 1. The maximum absolute atomic E-state index is 12.7. The number of amides is 2. The Labute approximate surface area is 159 Å². The molecule has 2 amide bonds. The smallest absolute Gasteiger partial charge is 0.317 e. The molecule has 0 aromatic heterocycles. The van der Waals surface area contributed by atoms with Gasteiger partial charge in [-0.1, -0.05) is 6.92 Å². The summed E-state index contributed by atoms with van der Waals surface area (Å²) in [5.74, 6) is 0.805. The van der Waals surface area contributed by atoms with Gasteiger partial charge in [-0.3, -0.25) is 9.69 Å². The maximum atomic E-state index is 12.7. The van der Waals surface area contributed by atoms with Crippen molar-refractivity contribution in [1.82, 2.24) is 20.0 Å². The maximum Gasteiger partial charge on any atom is 0.317 e. The molecule has 0 radical (unpaired) electrons. The molecule has 0 aromatic carbocycles. The fourth-order valence-corrected chi connectivity index (χ4v) is 4.55. The number of fused-ring (bicyclic) bond motifs is 1. The molecule has 0 aromatic rings. The lowest BCUT2D eigenvalue weighted by Gasteiger charge is -2.47. The molecule has 6 heteroatoms. The van der Waals surface area contributed by atoms with Crippen LogP contribution in [0.15, 0.2) is 0 Å². The minimum Gasteiger partial charge on any atom is -0.334 e. The number of piperidine rings is 1. The second kappa shape index (κ2) is 10.3. The van der Waals surface area contributed by atoms with E-state index in [2.05, 4.69) is 36.1 Å². The zero-order valence-corrected chi connectivity index (χ0v) is 17.2. The molecule has 1 aliphatic heterocycles. The first-order valence-corrected chi connectivity index (χ1v) is 10.4. The molecule has 1 saturated heterocycles. The van der Waals surface area contributed by atoms with Crippen LogP contribution in [0.25, 0.3) is 0 Å². The molecule has 26 heavy (non-hydrogen) atoms. The molecular formula is C20H38N4O2. The highest BCUT2D eigenvalue weighted by Gasteiger charge is 2.39. The van der Waals surface area contributed by atoms with Crippen LogP contribution in [-0.4, -0.2) is 85.4 Å². The minimum atomic E-state index is 0.0493. The van der Waals surface area contributed by atoms with Crippen LogP contribution in [0.1, 0.15) is 52.4 Å². The Hall–Kier alpha value is -1.14. The predicted molar refractivity (Wildman–Crippen MR) is 105 cm³/mol. The first-order chi connectivity index (χ1) is 12.4. The van der Waals surface area contributed by atoms with E-state index in [-0.39, 0.29) is 12.1 Å². The lowest BCUT2D eigenvalue weighted by atomic mass is 9.76. The van der Waals surface area contributed by atoms with E-state index in [0.29, 0.717) is 24.2 Å². The van der Waals surface area contributed by atoms with Crippen molar-refractivity contribution in [2.45, 2.75) is 64.5 Å². The van der Waals surface area contributed by atoms with Crippen molar-refractivity contribution in [1.29, 1.82) is 0 Å². The van der Waals surface area contributed by atoms with Crippen LogP contribution in [0.3, 0.4) is 0 Å². The van der Waals surface area contributed by atoms with Gasteiger partial charge in [-0.05, 0) is 65.7 Å². The molecule has 150 valence electrons. The van der Waals surface area contributed by atoms with E-state index in [1.165, 1.54) is 0 Å². The van der Waals surface area contributed by atoms with E-state index in [0.717, 1.165) is 64.8 Å². The number of hydrogen-bond acceptors (Lipinski definition) is 4. The molecule has 1 saturated carbocycles. The van der Waals surface area contributed by atoms with Crippen LogP contribution in [-0.2, 0) is 4.79 Å². The number of carbonyl (C=O) groups excluding carboxylic acids is 2. The largest absolute Gasteiger partial charge is 0.334 e. The molecule has 3 atom stereocenters. The molecule has 1 N–H and O–H groups in total. The van der Waals surface area contributed by atoms with Gasteiger partial charge in [0, 0.05) is 44.6 Å². The van der Waals surface area contributed by atoms with Crippen molar-refractivity contribution in [3.8, 4) is 0 Å². The van der Waals surface area contributed by atoms with Crippen molar-refractivity contribution in [3.05, 3.63) is 0 Å². The van der Waals surface area contributed by atoms with Crippen LogP contribution >= 0.6 is 0 Å². The van der Waals surface area contributed by atoms with Gasteiger partial charge in [0.05, 0.1) is 0 Å². The standard InChI is InChI=1S/C20H38N4O2/c1-5-10-24-15-17(13-16-14-18(25)8-9-19(16)24)21-20(26)23(6-2)12-7-11-22(3)4/h16-17,19H,5-15H2,1-4H3,(H,21,26)/t16-,17+,19-/m1/s1. The molecule has 0 spiro atoms. The van der Waals surface area contributed by atoms with Crippen molar-refractivity contribution in [2.24, 2.45) is 5.92 Å². The van der Waals surface area contributed by atoms with E-state index in [1.54, 1.807) is 0 Å². The van der Waals surface area contributed by atoms with Crippen molar-refractivity contribution in [2.75, 3.05) is 46.8 Å². The van der Waals surface area contributed by atoms with E-state index < -0.39 is 0 Å². The second-order valence-electron chi connectivity index (χ2n) is 8.22. The molecule has 1 aliphatic carbocycles. The van der Waals surface area contributed by atoms with Gasteiger partial charge in [0.25, 0.3) is 0 Å². The molecule has 0 unspecified atom stereocenters. The molecule has 1 heterocycles. The van der Waals surface area contributed by atoms with Gasteiger partial charge in [0.15, 0.2) is 0 Å². The highest BCUT2D eigenvalue weighted by atomic mass is 16.2. The first-order valence-electron chi connectivity index (χ1n) is 10.4. The van der Waals surface area contributed by atoms with Crippen LogP contribution in [0, 0.1) is 5.92 Å². The Morgan fingerprint density at radius 3 is 2.69 bits per heavy atom. The van der Waals surface area contributed by atoms with Gasteiger partial charge < -0.3 is 15.1 Å². The first kappa shape index (κ1) is 21.2. The van der Waals surface area contributed by atoms with Crippen LogP contribution in [0.5, 0.6) is 0 Å². The van der Waals surface area contributed by atoms with Crippen molar-refractivity contribution < 1.29 is 9.59 Å². The summed E-state index contributed by atoms with van der Waals surface area (Å²) in [7, 11) is 4.12. The monoisotopic (exact) mass is 366 g/mol. The second-order valence-corrected chi connectivity index (χ2v) is 8.22. The predicted octanol–water partition coefficient (Wildman–Crippen LogP) is 2.19. The van der Waals surface area contributed by atoms with Crippen molar-refractivity contribution >= 4 is 11.8 Å². The van der Waals surface area contributed by atoms with Crippen molar-refractivity contribution in [3.63, 3.8) is 0 Å². The molecular weight excluding hydrogens is 328 g/mol. The SMILES string of the molecule is CCCN1C[C@@H](NC(=O)N(CC)CCCN(C)C)C[C@@H]2CC(=O)CC[C@H]21. The number of rotatable bonds is 8. The molecule has 0 bridgehead atoms. The summed E-state index contributed by atoms with van der Waals surface area (Å²) in [6.07, 6.45) is 5.46. The van der Waals surface area contributed by atoms with Gasteiger partial charge in [0.2, 0.25) is 0 Å². The van der Waals surface area contributed by atoms with E-state index in [9.17, 15) is 9.59 Å². The number of carbonyl (C=O) groups is 2. The van der Waals surface area contributed by atoms with Gasteiger partial charge in [-0.25, -0.2) is 4.79 Å². The fourth-order valence-electron chi connectivity index (χ4n) is 4.55. The average molecular weight is 367 g/mol. The average Bonchev–Trinajstić information content (AvgIpc) is 2.58. The Balaban J connectivity index is 1.92. The summed E-state index contributed by atoms with van der Waals surface area (Å²) in [6, 6.07) is 0.737. The molecule has 2 fully saturated rings. The lowest BCUT2D eigenvalue weighted by Crippen LogP contribution is -2.58. The third-order valence-electron chi connectivity index (χ3n) is 5.80. The Bertz CT molecular complexity index is 469. The number of nitrogens with one attached hydrogen (secondary N) is 1. The zero-order chi connectivity index (χ0) is 19.1. The topological polar surface area (TPSA) is 55.9 Å². The number of urea groups is 1. The van der Waals surface area contributed by atoms with Crippen LogP contribution in [0.4, 0.5) is 4.79 Å². The molecule has 2 rings (SSSR count). The summed E-state index contributed by atoms with van der Waals surface area (Å²) < 4.78 is 0. The van der Waals surface area contributed by atoms with E-state index in [1.807, 2.05) is 11.8 Å². The molecule has 6 nitrogen and oxygen atoms in total. The van der Waals surface area contributed by atoms with Gasteiger partial charge in [-0.2, -0.15) is 0 Å². The third-order valence-corrected chi connectivity index (χ3v) is 5.80. The normalized spacial score (nSPS) is 26.7. The third kappa shape index (κ3) is 5.95. The van der Waals surface area contributed by atoms with Crippen LogP contribution in [0.2, 0.25) is 0 Å². The Morgan fingerprint density at radius 2 is 2.04 bits per heavy atom. The van der Waals surface area contributed by atoms with E-state index >= 15 is 0 Å². The number of nitrogens with zero attached hydrogens (tertiary/aromatic N) is 3. The lowest BCUT2D eigenvalue weighted by molar-refractivity contribution is -0.124. The summed E-state index contributed by atoms with van der Waals surface area (Å²) >= 11 is 0. The summed E-state index contributed by atoms with van der Waals surface area (Å²) in [5.41, 5.74) is 0. The van der Waals surface area contributed by atoms with E-state index in [4.69, 9.17) is 0 Å². The summed E-state index contributed by atoms with van der Waals surface area (Å²) in [5, 5.41) is 3.26. The summed E-state index contributed by atoms with van der Waals surface area (Å²) in [4.78, 5) is 31.2. The zero-order valence-electron chi connectivity index (χ0n) is 17.2. The number of hydrogen-bond donors (Lipinski definition) is 1. The van der Waals surface area contributed by atoms with Gasteiger partial charge >= 0.3 is 6.03 Å². The van der Waals surface area contributed by atoms with Gasteiger partial charge in [0.1, 0.15) is 5.78 Å². The Kier molecular flexibility index (Phi) is 8.35. The molecule has 2 aliphatic rings. The summed E-state index contributed by atoms with van der Waals surface area (Å²) in [6.45, 7) is 8.73.